The van der Waals surface area contributed by atoms with Crippen LogP contribution in [0.15, 0.2) is 36.4 Å². The van der Waals surface area contributed by atoms with Gasteiger partial charge in [0.25, 0.3) is 0 Å². The normalized spacial score (nSPS) is 10.8. The molecule has 0 saturated carbocycles. The van der Waals surface area contributed by atoms with E-state index in [1.54, 1.807) is 12.1 Å². The molecular weight excluding hydrogens is 696 g/mol. The molecule has 0 aliphatic rings. The standard InChI is InChI=1S/C19H31NO7.C18H29NO7/c1-20(18-12-16(14-21)11-17(13-18)15-22)4-6-26-8-10-27-9-7-25-5-3-19(23)24-2;1-23-18(22)2-4-24-6-8-26-9-7-25-5-3-19-17-11-15(13-20)10-16(12-17)14-21/h11-13,21-22H,3-10,14-15H2,1-2H3;10-12,19-21H,2-9,13-14H2,1H3. The van der Waals surface area contributed by atoms with Gasteiger partial charge in [0.2, 0.25) is 0 Å². The first kappa shape index (κ1) is 47.6. The van der Waals surface area contributed by atoms with Gasteiger partial charge in [0.05, 0.1) is 133 Å². The van der Waals surface area contributed by atoms with E-state index in [0.717, 1.165) is 33.6 Å². The van der Waals surface area contributed by atoms with E-state index in [1.165, 1.54) is 14.2 Å². The largest absolute Gasteiger partial charge is 0.469 e. The Hall–Kier alpha value is -3.42. The van der Waals surface area contributed by atoms with Crippen molar-refractivity contribution in [2.45, 2.75) is 39.3 Å². The zero-order valence-electron chi connectivity index (χ0n) is 31.4. The monoisotopic (exact) mass is 756 g/mol. The quantitative estimate of drug-likeness (QED) is 0.0565. The Bertz CT molecular complexity index is 1190. The smallest absolute Gasteiger partial charge is 0.307 e. The number of rotatable bonds is 30. The molecule has 16 heteroatoms. The van der Waals surface area contributed by atoms with Crippen molar-refractivity contribution in [1.82, 2.24) is 0 Å². The van der Waals surface area contributed by atoms with E-state index in [9.17, 15) is 30.0 Å². The Kier molecular flexibility index (Phi) is 28.8. The average molecular weight is 757 g/mol. The second-order valence-corrected chi connectivity index (χ2v) is 11.4. The molecule has 0 heterocycles. The van der Waals surface area contributed by atoms with Crippen LogP contribution in [0.25, 0.3) is 0 Å². The van der Waals surface area contributed by atoms with Crippen LogP contribution in [0.5, 0.6) is 0 Å². The van der Waals surface area contributed by atoms with E-state index in [1.807, 2.05) is 36.2 Å². The lowest BCUT2D eigenvalue weighted by atomic mass is 10.1. The van der Waals surface area contributed by atoms with Crippen LogP contribution < -0.4 is 10.2 Å². The second kappa shape index (κ2) is 32.0. The maximum absolute atomic E-state index is 10.9. The van der Waals surface area contributed by atoms with Gasteiger partial charge in [-0.2, -0.15) is 0 Å². The van der Waals surface area contributed by atoms with E-state index in [2.05, 4.69) is 14.8 Å². The predicted molar refractivity (Wildman–Crippen MR) is 197 cm³/mol. The molecule has 2 rings (SSSR count). The highest BCUT2D eigenvalue weighted by Gasteiger charge is 2.06. The highest BCUT2D eigenvalue weighted by molar-refractivity contribution is 5.69. The predicted octanol–water partition coefficient (Wildman–Crippen LogP) is 1.42. The summed E-state index contributed by atoms with van der Waals surface area (Å²) in [5.41, 5.74) is 4.81. The molecule has 5 N–H and O–H groups in total. The Balaban J connectivity index is 0.000000530. The van der Waals surface area contributed by atoms with Gasteiger partial charge in [-0.05, 0) is 46.5 Å². The fraction of sp³-hybridized carbons (Fsp3) is 0.622. The number of aliphatic hydroxyl groups excluding tert-OH is 4. The van der Waals surface area contributed by atoms with Crippen molar-refractivity contribution in [1.29, 1.82) is 0 Å². The maximum atomic E-state index is 10.9. The lowest BCUT2D eigenvalue weighted by molar-refractivity contribution is -0.142. The number of nitrogens with one attached hydrogen (secondary N) is 1. The zero-order chi connectivity index (χ0) is 38.9. The molecule has 0 radical (unpaired) electrons. The fourth-order valence-corrected chi connectivity index (χ4v) is 4.39. The molecular formula is C37H60N2O14. The van der Waals surface area contributed by atoms with E-state index in [0.29, 0.717) is 92.4 Å². The number of ether oxygens (including phenoxy) is 8. The first-order valence-corrected chi connectivity index (χ1v) is 17.5. The molecule has 302 valence electrons. The Labute approximate surface area is 312 Å². The van der Waals surface area contributed by atoms with Crippen LogP contribution in [-0.2, 0) is 73.9 Å². The topological polar surface area (TPSA) is 204 Å². The lowest BCUT2D eigenvalue weighted by Gasteiger charge is -2.21. The van der Waals surface area contributed by atoms with Gasteiger partial charge in [-0.3, -0.25) is 9.59 Å². The number of carbonyl (C=O) groups excluding carboxylic acids is 2. The van der Waals surface area contributed by atoms with Crippen molar-refractivity contribution in [3.63, 3.8) is 0 Å². The molecule has 0 aliphatic heterocycles. The van der Waals surface area contributed by atoms with Crippen molar-refractivity contribution in [2.75, 3.05) is 124 Å². The van der Waals surface area contributed by atoms with Crippen LogP contribution >= 0.6 is 0 Å². The molecule has 0 atom stereocenters. The van der Waals surface area contributed by atoms with Crippen LogP contribution in [-0.4, -0.2) is 146 Å². The summed E-state index contributed by atoms with van der Waals surface area (Å²) in [7, 11) is 4.63. The summed E-state index contributed by atoms with van der Waals surface area (Å²) in [4.78, 5) is 23.7. The molecule has 0 aliphatic carbocycles. The minimum Gasteiger partial charge on any atom is -0.469 e. The van der Waals surface area contributed by atoms with Crippen LogP contribution in [0, 0.1) is 0 Å². The van der Waals surface area contributed by atoms with Crippen molar-refractivity contribution < 1.29 is 67.9 Å². The van der Waals surface area contributed by atoms with Gasteiger partial charge in [0.15, 0.2) is 0 Å². The number of carbonyl (C=O) groups is 2. The Morgan fingerprint density at radius 1 is 0.528 bits per heavy atom. The highest BCUT2D eigenvalue weighted by Crippen LogP contribution is 2.19. The molecule has 0 fully saturated rings. The third kappa shape index (κ3) is 24.5. The SMILES string of the molecule is COC(=O)CCOCCOCCOCCN(C)c1cc(CO)cc(CO)c1.COC(=O)CCOCCOCCOCCNc1cc(CO)cc(CO)c1. The number of aliphatic hydroxyl groups is 4. The molecule has 0 aromatic heterocycles. The molecule has 0 spiro atoms. The molecule has 16 nitrogen and oxygen atoms in total. The van der Waals surface area contributed by atoms with E-state index in [4.69, 9.17) is 28.4 Å². The van der Waals surface area contributed by atoms with Crippen LogP contribution in [0.3, 0.4) is 0 Å². The first-order valence-electron chi connectivity index (χ1n) is 17.5. The number of hydrogen-bond acceptors (Lipinski definition) is 16. The molecule has 53 heavy (non-hydrogen) atoms. The van der Waals surface area contributed by atoms with E-state index >= 15 is 0 Å². The maximum Gasteiger partial charge on any atom is 0.307 e. The van der Waals surface area contributed by atoms with Gasteiger partial charge in [-0.1, -0.05) is 12.1 Å². The van der Waals surface area contributed by atoms with Crippen LogP contribution in [0.2, 0.25) is 0 Å². The van der Waals surface area contributed by atoms with Gasteiger partial charge >= 0.3 is 11.9 Å². The van der Waals surface area contributed by atoms with Crippen LogP contribution in [0.1, 0.15) is 35.1 Å². The van der Waals surface area contributed by atoms with Crippen molar-refractivity contribution in [2.24, 2.45) is 0 Å². The van der Waals surface area contributed by atoms with Gasteiger partial charge in [0.1, 0.15) is 0 Å². The minimum absolute atomic E-state index is 0.0606. The Morgan fingerprint density at radius 3 is 1.28 bits per heavy atom. The first-order chi connectivity index (χ1) is 25.8. The van der Waals surface area contributed by atoms with Crippen molar-refractivity contribution in [3.8, 4) is 0 Å². The third-order valence-electron chi connectivity index (χ3n) is 7.25. The molecule has 2 aromatic carbocycles. The van der Waals surface area contributed by atoms with E-state index in [-0.39, 0.29) is 51.2 Å². The van der Waals surface area contributed by atoms with Crippen LogP contribution in [0.4, 0.5) is 11.4 Å². The second-order valence-electron chi connectivity index (χ2n) is 11.4. The van der Waals surface area contributed by atoms with E-state index < -0.39 is 0 Å². The molecule has 0 saturated heterocycles. The number of benzene rings is 2. The number of nitrogens with zero attached hydrogens (tertiary/aromatic N) is 1. The van der Waals surface area contributed by atoms with Crippen molar-refractivity contribution >= 4 is 23.3 Å². The van der Waals surface area contributed by atoms with Gasteiger partial charge in [0, 0.05) is 31.5 Å². The number of esters is 2. The Morgan fingerprint density at radius 2 is 0.887 bits per heavy atom. The summed E-state index contributed by atoms with van der Waals surface area (Å²) >= 11 is 0. The third-order valence-corrected chi connectivity index (χ3v) is 7.25. The summed E-state index contributed by atoms with van der Waals surface area (Å²) in [6, 6.07) is 11.0. The summed E-state index contributed by atoms with van der Waals surface area (Å²) < 4.78 is 41.2. The zero-order valence-corrected chi connectivity index (χ0v) is 31.4. The van der Waals surface area contributed by atoms with Crippen molar-refractivity contribution in [3.05, 3.63) is 58.7 Å². The number of anilines is 2. The average Bonchev–Trinajstić information content (AvgIpc) is 3.19. The number of methoxy groups -OCH3 is 2. The number of likely N-dealkylation sites (N-methyl/N-ethyl adjacent to an activating group) is 1. The minimum atomic E-state index is -0.288. The summed E-state index contributed by atoms with van der Waals surface area (Å²) in [6.45, 7) is 6.36. The lowest BCUT2D eigenvalue weighted by Crippen LogP contribution is -2.23. The number of hydrogen-bond donors (Lipinski definition) is 5. The molecule has 0 amide bonds. The molecule has 0 unspecified atom stereocenters. The fourth-order valence-electron chi connectivity index (χ4n) is 4.39. The van der Waals surface area contributed by atoms with Gasteiger partial charge in [-0.25, -0.2) is 0 Å². The summed E-state index contributed by atoms with van der Waals surface area (Å²) in [5.74, 6) is -0.575. The van der Waals surface area contributed by atoms with Gasteiger partial charge < -0.3 is 68.5 Å². The highest BCUT2D eigenvalue weighted by atomic mass is 16.6. The van der Waals surface area contributed by atoms with Gasteiger partial charge in [-0.15, -0.1) is 0 Å². The summed E-state index contributed by atoms with van der Waals surface area (Å²) in [5, 5.41) is 40.2. The molecule has 0 bridgehead atoms. The molecule has 2 aromatic rings. The summed E-state index contributed by atoms with van der Waals surface area (Å²) in [6.07, 6.45) is 0.488.